The van der Waals surface area contributed by atoms with Crippen LogP contribution in [0, 0.1) is 11.3 Å². The number of furan rings is 1. The van der Waals surface area contributed by atoms with E-state index in [-0.39, 0.29) is 11.7 Å². The van der Waals surface area contributed by atoms with Crippen molar-refractivity contribution in [2.45, 2.75) is 24.5 Å². The quantitative estimate of drug-likeness (QED) is 0.840. The van der Waals surface area contributed by atoms with Crippen molar-refractivity contribution in [1.29, 1.82) is 5.26 Å². The highest BCUT2D eigenvalue weighted by molar-refractivity contribution is 7.89. The van der Waals surface area contributed by atoms with Gasteiger partial charge in [0.15, 0.2) is 0 Å². The van der Waals surface area contributed by atoms with E-state index in [0.717, 1.165) is 12.8 Å². The molecule has 23 heavy (non-hydrogen) atoms. The number of benzene rings is 1. The number of rotatable bonds is 5. The van der Waals surface area contributed by atoms with Gasteiger partial charge < -0.3 is 9.15 Å². The maximum absolute atomic E-state index is 12.4. The number of nitriles is 1. The van der Waals surface area contributed by atoms with Crippen LogP contribution >= 0.6 is 0 Å². The lowest BCUT2D eigenvalue weighted by Gasteiger charge is -2.12. The highest BCUT2D eigenvalue weighted by Crippen LogP contribution is 2.23. The Kier molecular flexibility index (Phi) is 4.37. The minimum atomic E-state index is -3.54. The Morgan fingerprint density at radius 2 is 2.00 bits per heavy atom. The van der Waals surface area contributed by atoms with Gasteiger partial charge in [0.05, 0.1) is 11.6 Å². The van der Waals surface area contributed by atoms with Crippen LogP contribution in [0.3, 0.4) is 0 Å². The molecule has 1 aliphatic heterocycles. The number of ether oxygens (including phenoxy) is 1. The van der Waals surface area contributed by atoms with Crippen LogP contribution in [0.25, 0.3) is 0 Å². The van der Waals surface area contributed by atoms with Gasteiger partial charge in [-0.2, -0.15) is 9.57 Å². The van der Waals surface area contributed by atoms with Crippen molar-refractivity contribution in [3.63, 3.8) is 0 Å². The van der Waals surface area contributed by atoms with Gasteiger partial charge in [-0.25, -0.2) is 8.42 Å². The van der Waals surface area contributed by atoms with Crippen LogP contribution in [0.2, 0.25) is 0 Å². The highest BCUT2D eigenvalue weighted by atomic mass is 32.2. The van der Waals surface area contributed by atoms with Gasteiger partial charge >= 0.3 is 0 Å². The second-order valence-corrected chi connectivity index (χ2v) is 7.13. The molecule has 1 aromatic heterocycles. The Bertz CT molecular complexity index is 830. The van der Waals surface area contributed by atoms with E-state index in [1.807, 2.05) is 6.07 Å². The van der Waals surface area contributed by atoms with E-state index in [9.17, 15) is 8.42 Å². The molecule has 6 nitrogen and oxygen atoms in total. The Morgan fingerprint density at radius 1 is 1.22 bits per heavy atom. The second-order valence-electron chi connectivity index (χ2n) is 5.26. The van der Waals surface area contributed by atoms with Crippen molar-refractivity contribution in [2.75, 3.05) is 13.1 Å². The smallest absolute Gasteiger partial charge is 0.276 e. The third-order valence-electron chi connectivity index (χ3n) is 3.64. The summed E-state index contributed by atoms with van der Waals surface area (Å²) in [7, 11) is -3.54. The molecule has 7 heteroatoms. The van der Waals surface area contributed by atoms with Crippen molar-refractivity contribution >= 4 is 10.0 Å². The van der Waals surface area contributed by atoms with Crippen molar-refractivity contribution < 1.29 is 17.6 Å². The summed E-state index contributed by atoms with van der Waals surface area (Å²) < 4.78 is 37.1. The largest absolute Gasteiger partial charge is 0.486 e. The lowest BCUT2D eigenvalue weighted by atomic mass is 10.2. The van der Waals surface area contributed by atoms with Crippen LogP contribution in [0.1, 0.15) is 24.2 Å². The molecule has 0 spiro atoms. The first kappa shape index (κ1) is 15.6. The van der Waals surface area contributed by atoms with E-state index in [4.69, 9.17) is 14.4 Å². The monoisotopic (exact) mass is 332 g/mol. The molecule has 0 unspecified atom stereocenters. The van der Waals surface area contributed by atoms with Gasteiger partial charge in [0.1, 0.15) is 18.1 Å². The average Bonchev–Trinajstić information content (AvgIpc) is 3.25. The molecule has 2 heterocycles. The number of hydrogen-bond donors (Lipinski definition) is 0. The minimum Gasteiger partial charge on any atom is -0.486 e. The Balaban J connectivity index is 1.69. The normalized spacial score (nSPS) is 15.4. The molecule has 2 aromatic rings. The fourth-order valence-corrected chi connectivity index (χ4v) is 3.89. The van der Waals surface area contributed by atoms with E-state index in [1.54, 1.807) is 30.3 Å². The summed E-state index contributed by atoms with van der Waals surface area (Å²) >= 11 is 0. The zero-order chi connectivity index (χ0) is 16.3. The molecular formula is C16H16N2O4S. The fourth-order valence-electron chi connectivity index (χ4n) is 2.44. The third kappa shape index (κ3) is 3.38. The molecule has 0 aliphatic carbocycles. The minimum absolute atomic E-state index is 0.0521. The maximum Gasteiger partial charge on any atom is 0.276 e. The zero-order valence-corrected chi connectivity index (χ0v) is 13.3. The molecule has 0 radical (unpaired) electrons. The zero-order valence-electron chi connectivity index (χ0n) is 12.4. The first-order valence-electron chi connectivity index (χ1n) is 7.31. The molecule has 0 N–H and O–H groups in total. The fraction of sp³-hybridized carbons (Fsp3) is 0.312. The van der Waals surface area contributed by atoms with Gasteiger partial charge in [-0.1, -0.05) is 6.07 Å². The van der Waals surface area contributed by atoms with Gasteiger partial charge in [0.25, 0.3) is 10.0 Å². The number of hydrogen-bond acceptors (Lipinski definition) is 5. The molecule has 1 aliphatic rings. The average molecular weight is 332 g/mol. The molecular weight excluding hydrogens is 316 g/mol. The molecule has 1 saturated heterocycles. The predicted molar refractivity (Wildman–Crippen MR) is 82.2 cm³/mol. The van der Waals surface area contributed by atoms with Crippen LogP contribution in [0.4, 0.5) is 0 Å². The van der Waals surface area contributed by atoms with Crippen LogP contribution in [-0.4, -0.2) is 25.8 Å². The van der Waals surface area contributed by atoms with E-state index < -0.39 is 10.0 Å². The Labute approximate surface area is 134 Å². The summed E-state index contributed by atoms with van der Waals surface area (Å²) in [4.78, 5) is 0. The predicted octanol–water partition coefficient (Wildman–Crippen LogP) is 2.51. The topological polar surface area (TPSA) is 83.5 Å². The standard InChI is InChI=1S/C16H16N2O4S/c17-11-13-4-3-5-14(10-13)21-12-15-6-7-16(22-15)23(19,20)18-8-1-2-9-18/h3-7,10H,1-2,8-9,12H2. The van der Waals surface area contributed by atoms with Gasteiger partial charge in [-0.05, 0) is 43.2 Å². The number of sulfonamides is 1. The molecule has 1 aromatic carbocycles. The van der Waals surface area contributed by atoms with Gasteiger partial charge in [-0.15, -0.1) is 0 Å². The molecule has 0 bridgehead atoms. The second kappa shape index (κ2) is 6.44. The SMILES string of the molecule is N#Cc1cccc(OCc2ccc(S(=O)(=O)N3CCCC3)o2)c1. The van der Waals surface area contributed by atoms with Gasteiger partial charge in [0, 0.05) is 13.1 Å². The van der Waals surface area contributed by atoms with Crippen molar-refractivity contribution in [3.05, 3.63) is 47.7 Å². The first-order valence-corrected chi connectivity index (χ1v) is 8.75. The van der Waals surface area contributed by atoms with Crippen molar-refractivity contribution in [1.82, 2.24) is 4.31 Å². The van der Waals surface area contributed by atoms with Crippen LogP contribution in [0.5, 0.6) is 5.75 Å². The van der Waals surface area contributed by atoms with Crippen LogP contribution < -0.4 is 4.74 Å². The summed E-state index contributed by atoms with van der Waals surface area (Å²) in [6.07, 6.45) is 1.76. The molecule has 0 atom stereocenters. The lowest BCUT2D eigenvalue weighted by Crippen LogP contribution is -2.27. The summed E-state index contributed by atoms with van der Waals surface area (Å²) in [6, 6.07) is 11.8. The van der Waals surface area contributed by atoms with E-state index >= 15 is 0 Å². The molecule has 0 amide bonds. The molecule has 3 rings (SSSR count). The van der Waals surface area contributed by atoms with E-state index in [0.29, 0.717) is 30.2 Å². The van der Waals surface area contributed by atoms with Gasteiger partial charge in [0.2, 0.25) is 5.09 Å². The lowest BCUT2D eigenvalue weighted by molar-refractivity contribution is 0.256. The van der Waals surface area contributed by atoms with Crippen molar-refractivity contribution in [3.8, 4) is 11.8 Å². The molecule has 0 saturated carbocycles. The first-order chi connectivity index (χ1) is 11.1. The summed E-state index contributed by atoms with van der Waals surface area (Å²) in [5, 5.41) is 8.80. The summed E-state index contributed by atoms with van der Waals surface area (Å²) in [5.74, 6) is 0.953. The summed E-state index contributed by atoms with van der Waals surface area (Å²) in [6.45, 7) is 1.18. The van der Waals surface area contributed by atoms with E-state index in [2.05, 4.69) is 0 Å². The maximum atomic E-state index is 12.4. The Morgan fingerprint density at radius 3 is 2.74 bits per heavy atom. The van der Waals surface area contributed by atoms with E-state index in [1.165, 1.54) is 10.4 Å². The van der Waals surface area contributed by atoms with Crippen LogP contribution in [0.15, 0.2) is 45.9 Å². The van der Waals surface area contributed by atoms with Crippen LogP contribution in [-0.2, 0) is 16.6 Å². The van der Waals surface area contributed by atoms with Gasteiger partial charge in [-0.3, -0.25) is 0 Å². The molecule has 1 fully saturated rings. The Hall–Kier alpha value is -2.30. The summed E-state index contributed by atoms with van der Waals surface area (Å²) in [5.41, 5.74) is 0.499. The number of nitrogens with zero attached hydrogens (tertiary/aromatic N) is 2. The van der Waals surface area contributed by atoms with Crippen molar-refractivity contribution in [2.24, 2.45) is 0 Å². The molecule has 120 valence electrons. The third-order valence-corrected chi connectivity index (χ3v) is 5.41. The highest BCUT2D eigenvalue weighted by Gasteiger charge is 2.29.